The minimum atomic E-state index is -0.469. The molecule has 22 heavy (non-hydrogen) atoms. The van der Waals surface area contributed by atoms with Crippen LogP contribution in [0.2, 0.25) is 0 Å². The van der Waals surface area contributed by atoms with Gasteiger partial charge >= 0.3 is 0 Å². The second kappa shape index (κ2) is 4.59. The number of hydrogen-bond acceptors (Lipinski definition) is 2. The van der Waals surface area contributed by atoms with Gasteiger partial charge in [-0.2, -0.15) is 0 Å². The predicted octanol–water partition coefficient (Wildman–Crippen LogP) is 4.35. The summed E-state index contributed by atoms with van der Waals surface area (Å²) in [6, 6.07) is 0. The van der Waals surface area contributed by atoms with Crippen molar-refractivity contribution in [2.24, 2.45) is 34.5 Å². The highest BCUT2D eigenvalue weighted by molar-refractivity contribution is 5.79. The second-order valence-corrected chi connectivity index (χ2v) is 9.67. The number of rotatable bonds is 0. The average molecular weight is 304 g/mol. The third kappa shape index (κ3) is 1.79. The van der Waals surface area contributed by atoms with Crippen molar-refractivity contribution in [2.75, 3.05) is 0 Å². The van der Waals surface area contributed by atoms with E-state index in [2.05, 4.69) is 20.8 Å². The lowest BCUT2D eigenvalue weighted by molar-refractivity contribution is -0.152. The van der Waals surface area contributed by atoms with Crippen LogP contribution in [0.25, 0.3) is 0 Å². The molecular weight excluding hydrogens is 272 g/mol. The van der Waals surface area contributed by atoms with Crippen molar-refractivity contribution in [3.05, 3.63) is 0 Å². The topological polar surface area (TPSA) is 37.3 Å². The van der Waals surface area contributed by atoms with Crippen molar-refractivity contribution in [2.45, 2.75) is 84.2 Å². The smallest absolute Gasteiger partial charge is 0.133 e. The van der Waals surface area contributed by atoms with Crippen molar-refractivity contribution in [1.29, 1.82) is 0 Å². The van der Waals surface area contributed by atoms with Gasteiger partial charge in [-0.15, -0.1) is 0 Å². The van der Waals surface area contributed by atoms with Gasteiger partial charge in [-0.1, -0.05) is 13.8 Å². The molecule has 1 N–H and O–H groups in total. The molecule has 4 rings (SSSR count). The zero-order valence-corrected chi connectivity index (χ0v) is 14.5. The molecule has 4 fully saturated rings. The molecule has 4 aliphatic rings. The number of fused-ring (bicyclic) bond motifs is 5. The van der Waals surface area contributed by atoms with Crippen LogP contribution in [0.15, 0.2) is 0 Å². The van der Waals surface area contributed by atoms with E-state index < -0.39 is 5.60 Å². The Morgan fingerprint density at radius 2 is 1.68 bits per heavy atom. The number of ketones is 1. The van der Waals surface area contributed by atoms with E-state index in [4.69, 9.17) is 0 Å². The Kier molecular flexibility index (Phi) is 3.16. The molecule has 0 aromatic rings. The zero-order chi connectivity index (χ0) is 15.8. The van der Waals surface area contributed by atoms with Gasteiger partial charge in [0.05, 0.1) is 5.60 Å². The highest BCUT2D eigenvalue weighted by Crippen LogP contribution is 2.67. The number of hydrogen-bond donors (Lipinski definition) is 1. The molecule has 0 unspecified atom stereocenters. The van der Waals surface area contributed by atoms with Crippen LogP contribution in [-0.4, -0.2) is 16.5 Å². The van der Waals surface area contributed by atoms with Crippen LogP contribution in [0.3, 0.4) is 0 Å². The molecule has 0 aliphatic heterocycles. The molecule has 0 heterocycles. The highest BCUT2D eigenvalue weighted by Gasteiger charge is 2.63. The summed E-state index contributed by atoms with van der Waals surface area (Å²) in [4.78, 5) is 11.9. The van der Waals surface area contributed by atoms with Gasteiger partial charge in [-0.3, -0.25) is 4.79 Å². The van der Waals surface area contributed by atoms with Gasteiger partial charge in [-0.05, 0) is 86.4 Å². The molecule has 0 aromatic carbocycles. The first kappa shape index (κ1) is 15.2. The van der Waals surface area contributed by atoms with Gasteiger partial charge in [0.15, 0.2) is 0 Å². The SMILES string of the molecule is C[C@]12CCC(=O)C[C@@H]1CC[C@@H]1[C@H]2CC[C@@]2(C)[C@@H]1CC[C@]2(C)O. The zero-order valence-electron chi connectivity index (χ0n) is 14.5. The standard InChI is InChI=1S/C20H32O2/c1-18-9-6-14(21)12-13(18)4-5-15-16(18)7-10-19(2)17(15)8-11-20(19,3)22/h13,15-17,22H,4-12H2,1-3H3/t13-,15+,16+,17+,18-,19-,20-/m0/s1. The minimum Gasteiger partial charge on any atom is -0.390 e. The van der Waals surface area contributed by atoms with Crippen LogP contribution in [0, 0.1) is 34.5 Å². The first-order valence-corrected chi connectivity index (χ1v) is 9.52. The molecule has 4 aliphatic carbocycles. The molecule has 0 radical (unpaired) electrons. The monoisotopic (exact) mass is 304 g/mol. The van der Waals surface area contributed by atoms with Crippen molar-refractivity contribution < 1.29 is 9.90 Å². The van der Waals surface area contributed by atoms with Crippen molar-refractivity contribution in [3.8, 4) is 0 Å². The Hall–Kier alpha value is -0.370. The molecule has 7 atom stereocenters. The maximum absolute atomic E-state index is 11.9. The minimum absolute atomic E-state index is 0.127. The van der Waals surface area contributed by atoms with Gasteiger partial charge in [0.2, 0.25) is 0 Å². The third-order valence-electron chi connectivity index (χ3n) is 9.04. The first-order chi connectivity index (χ1) is 10.3. The highest BCUT2D eigenvalue weighted by atomic mass is 16.3. The Bertz CT molecular complexity index is 496. The summed E-state index contributed by atoms with van der Waals surface area (Å²) in [7, 11) is 0. The van der Waals surface area contributed by atoms with E-state index in [0.29, 0.717) is 23.0 Å². The summed E-state index contributed by atoms with van der Waals surface area (Å²) in [6.45, 7) is 6.94. The quantitative estimate of drug-likeness (QED) is 0.722. The van der Waals surface area contributed by atoms with Crippen LogP contribution in [0.4, 0.5) is 0 Å². The summed E-state index contributed by atoms with van der Waals surface area (Å²) in [5, 5.41) is 10.9. The van der Waals surface area contributed by atoms with E-state index in [0.717, 1.165) is 37.5 Å². The molecule has 0 spiro atoms. The van der Waals surface area contributed by atoms with Crippen molar-refractivity contribution in [3.63, 3.8) is 0 Å². The number of Topliss-reactive ketones (excluding diaryl/α,β-unsaturated/α-hetero) is 1. The van der Waals surface area contributed by atoms with E-state index in [-0.39, 0.29) is 5.41 Å². The second-order valence-electron chi connectivity index (χ2n) is 9.67. The predicted molar refractivity (Wildman–Crippen MR) is 87.4 cm³/mol. The molecule has 124 valence electrons. The summed E-state index contributed by atoms with van der Waals surface area (Å²) in [5.41, 5.74) is 0.0530. The van der Waals surface area contributed by atoms with Gasteiger partial charge in [0.25, 0.3) is 0 Å². The van der Waals surface area contributed by atoms with E-state index in [1.807, 2.05) is 0 Å². The molecule has 0 bridgehead atoms. The van der Waals surface area contributed by atoms with E-state index in [9.17, 15) is 9.90 Å². The Morgan fingerprint density at radius 1 is 0.955 bits per heavy atom. The first-order valence-electron chi connectivity index (χ1n) is 9.52. The maximum Gasteiger partial charge on any atom is 0.133 e. The van der Waals surface area contributed by atoms with Gasteiger partial charge < -0.3 is 5.11 Å². The van der Waals surface area contributed by atoms with Crippen LogP contribution in [0.1, 0.15) is 78.6 Å². The van der Waals surface area contributed by atoms with E-state index in [1.165, 1.54) is 32.1 Å². The Balaban J connectivity index is 1.65. The number of aliphatic hydroxyl groups is 1. The van der Waals surface area contributed by atoms with Crippen LogP contribution >= 0.6 is 0 Å². The van der Waals surface area contributed by atoms with E-state index >= 15 is 0 Å². The fourth-order valence-electron chi connectivity index (χ4n) is 7.29. The molecule has 0 amide bonds. The molecule has 4 saturated carbocycles. The van der Waals surface area contributed by atoms with Crippen LogP contribution in [-0.2, 0) is 4.79 Å². The summed E-state index contributed by atoms with van der Waals surface area (Å²) in [5.74, 6) is 3.44. The maximum atomic E-state index is 11.9. The largest absolute Gasteiger partial charge is 0.390 e. The van der Waals surface area contributed by atoms with Gasteiger partial charge in [-0.25, -0.2) is 0 Å². The lowest BCUT2D eigenvalue weighted by atomic mass is 9.44. The number of carbonyl (C=O) groups excluding carboxylic acids is 1. The normalized spacial score (nSPS) is 57.9. The lowest BCUT2D eigenvalue weighted by Gasteiger charge is -2.60. The Morgan fingerprint density at radius 3 is 2.45 bits per heavy atom. The van der Waals surface area contributed by atoms with E-state index in [1.54, 1.807) is 0 Å². The molecule has 0 aromatic heterocycles. The molecule has 0 saturated heterocycles. The van der Waals surface area contributed by atoms with Crippen LogP contribution in [0.5, 0.6) is 0 Å². The van der Waals surface area contributed by atoms with Crippen molar-refractivity contribution >= 4 is 5.78 Å². The van der Waals surface area contributed by atoms with Gasteiger partial charge in [0, 0.05) is 12.8 Å². The van der Waals surface area contributed by atoms with Crippen LogP contribution < -0.4 is 0 Å². The van der Waals surface area contributed by atoms with Gasteiger partial charge in [0.1, 0.15) is 5.78 Å². The molecular formula is C20H32O2. The fourth-order valence-corrected chi connectivity index (χ4v) is 7.29. The fraction of sp³-hybridized carbons (Fsp3) is 0.950. The van der Waals surface area contributed by atoms with Crippen molar-refractivity contribution in [1.82, 2.24) is 0 Å². The summed E-state index contributed by atoms with van der Waals surface area (Å²) < 4.78 is 0. The molecule has 2 nitrogen and oxygen atoms in total. The number of carbonyl (C=O) groups is 1. The molecule has 2 heteroatoms. The Labute approximate surface area is 135 Å². The lowest BCUT2D eigenvalue weighted by Crippen LogP contribution is -2.55. The summed E-state index contributed by atoms with van der Waals surface area (Å²) >= 11 is 0. The summed E-state index contributed by atoms with van der Waals surface area (Å²) in [6.07, 6.45) is 9.98. The average Bonchev–Trinajstić information content (AvgIpc) is 2.70. The third-order valence-corrected chi connectivity index (χ3v) is 9.04.